The van der Waals surface area contributed by atoms with E-state index in [9.17, 15) is 14.4 Å². The van der Waals surface area contributed by atoms with E-state index in [0.717, 1.165) is 26.9 Å². The minimum atomic E-state index is -0.852. The fourth-order valence-corrected chi connectivity index (χ4v) is 7.02. The Morgan fingerprint density at radius 3 is 2.57 bits per heavy atom. The Morgan fingerprint density at radius 1 is 1.12 bits per heavy atom. The number of anilines is 1. The zero-order valence-electron chi connectivity index (χ0n) is 26.9. The lowest BCUT2D eigenvalue weighted by Crippen LogP contribution is -2.66. The van der Waals surface area contributed by atoms with Crippen LogP contribution in [0.2, 0.25) is 0 Å². The van der Waals surface area contributed by atoms with Crippen molar-refractivity contribution < 1.29 is 29.0 Å². The summed E-state index contributed by atoms with van der Waals surface area (Å²) in [7, 11) is 1.58. The van der Waals surface area contributed by atoms with E-state index in [0.29, 0.717) is 16.6 Å². The van der Waals surface area contributed by atoms with Gasteiger partial charge in [0, 0.05) is 19.5 Å². The van der Waals surface area contributed by atoms with Crippen molar-refractivity contribution >= 4 is 44.5 Å². The van der Waals surface area contributed by atoms with Crippen LogP contribution in [0.25, 0.3) is 10.2 Å². The number of nitrogen functional groups attached to an aromatic ring is 1. The average molecular weight is 684 g/mol. The summed E-state index contributed by atoms with van der Waals surface area (Å²) in [5.41, 5.74) is 9.24. The number of methoxy groups -OCH3 is 1. The van der Waals surface area contributed by atoms with Crippen molar-refractivity contribution in [1.82, 2.24) is 30.1 Å². The quantitative estimate of drug-likeness (QED) is 0.191. The molecule has 3 heterocycles. The second kappa shape index (κ2) is 14.8. The highest BCUT2D eigenvalue weighted by molar-refractivity contribution is 7.22. The Morgan fingerprint density at radius 2 is 1.86 bits per heavy atom. The summed E-state index contributed by atoms with van der Waals surface area (Å²) in [6.07, 6.45) is 5.31. The highest BCUT2D eigenvalue weighted by atomic mass is 32.1. The number of hydrazine groups is 1. The van der Waals surface area contributed by atoms with Crippen LogP contribution in [-0.2, 0) is 29.1 Å². The van der Waals surface area contributed by atoms with Crippen LogP contribution in [0.3, 0.4) is 0 Å². The highest BCUT2D eigenvalue weighted by Crippen LogP contribution is 2.32. The van der Waals surface area contributed by atoms with Crippen molar-refractivity contribution in [2.45, 2.75) is 31.7 Å². The number of benzene rings is 3. The molecule has 0 aliphatic carbocycles. The predicted molar refractivity (Wildman–Crippen MR) is 184 cm³/mol. The largest absolute Gasteiger partial charge is 0.497 e. The van der Waals surface area contributed by atoms with Gasteiger partial charge in [0.2, 0.25) is 11.8 Å². The maximum atomic E-state index is 14.3. The molecule has 254 valence electrons. The number of terminal acetylenes is 1. The van der Waals surface area contributed by atoms with Gasteiger partial charge < -0.3 is 35.4 Å². The van der Waals surface area contributed by atoms with Crippen LogP contribution in [-0.4, -0.2) is 99.9 Å². The zero-order valence-corrected chi connectivity index (χ0v) is 27.8. The molecule has 2 fully saturated rings. The fraction of sp³-hybridized carbons (Fsp3) is 0.314. The van der Waals surface area contributed by atoms with Gasteiger partial charge >= 0.3 is 6.03 Å². The van der Waals surface area contributed by atoms with Gasteiger partial charge in [-0.25, -0.2) is 14.8 Å². The first-order valence-electron chi connectivity index (χ1n) is 15.7. The third-order valence-corrected chi connectivity index (χ3v) is 9.40. The average Bonchev–Trinajstić information content (AvgIpc) is 3.66. The number of fused-ring (bicyclic) bond motifs is 2. The van der Waals surface area contributed by atoms with Gasteiger partial charge in [-0.2, -0.15) is 5.01 Å². The molecule has 4 amide bonds. The number of ether oxygens (including phenoxy) is 2. The number of aliphatic hydroxyl groups is 1. The maximum Gasteiger partial charge on any atom is 0.333 e. The van der Waals surface area contributed by atoms with E-state index in [-0.39, 0.29) is 64.2 Å². The van der Waals surface area contributed by atoms with Crippen LogP contribution in [0.5, 0.6) is 11.5 Å². The summed E-state index contributed by atoms with van der Waals surface area (Å²) in [4.78, 5) is 49.5. The molecule has 0 radical (unpaired) electrons. The number of thiazole rings is 1. The second-order valence-electron chi connectivity index (χ2n) is 11.6. The molecule has 13 nitrogen and oxygen atoms in total. The first-order valence-corrected chi connectivity index (χ1v) is 16.6. The van der Waals surface area contributed by atoms with Gasteiger partial charge in [0.05, 0.1) is 43.6 Å². The summed E-state index contributed by atoms with van der Waals surface area (Å²) >= 11 is 1.37. The summed E-state index contributed by atoms with van der Waals surface area (Å²) in [6.45, 7) is 0.428. The number of urea groups is 1. The van der Waals surface area contributed by atoms with Gasteiger partial charge in [-0.15, -0.1) is 6.42 Å². The fourth-order valence-electron chi connectivity index (χ4n) is 6.23. The van der Waals surface area contributed by atoms with E-state index >= 15 is 0 Å². The number of hydrogen-bond donors (Lipinski definition) is 3. The predicted octanol–water partition coefficient (Wildman–Crippen LogP) is 2.44. The molecule has 14 heteroatoms. The molecule has 49 heavy (non-hydrogen) atoms. The third kappa shape index (κ3) is 7.24. The molecule has 2 saturated heterocycles. The number of nitrogens with two attached hydrogens (primary N) is 1. The highest BCUT2D eigenvalue weighted by Gasteiger charge is 2.52. The molecule has 2 aliphatic heterocycles. The van der Waals surface area contributed by atoms with Crippen LogP contribution in [0.15, 0.2) is 66.7 Å². The van der Waals surface area contributed by atoms with Gasteiger partial charge in [-0.05, 0) is 47.0 Å². The van der Waals surface area contributed by atoms with Crippen LogP contribution < -0.4 is 20.5 Å². The van der Waals surface area contributed by atoms with E-state index in [4.69, 9.17) is 26.7 Å². The lowest BCUT2D eigenvalue weighted by Gasteiger charge is -2.46. The molecule has 4 aromatic rings. The number of carbonyl (C=O) groups excluding carboxylic acids is 3. The third-order valence-electron chi connectivity index (χ3n) is 8.55. The molecule has 2 atom stereocenters. The SMILES string of the molecule is C#CCN(C(=O)NCc1ccc(OC)cc1)N1CC(=O)N2[C@@H](Cc3ccc(OCCO)cc3)C(=O)N(Cc3cccc4sc(N)nc34)C[C@@H]21. The topological polar surface area (TPSA) is 154 Å². The molecule has 0 spiro atoms. The number of carbonyl (C=O) groups is 3. The van der Waals surface area contributed by atoms with E-state index in [1.807, 2.05) is 54.6 Å². The van der Waals surface area contributed by atoms with E-state index in [2.05, 4.69) is 16.2 Å². The van der Waals surface area contributed by atoms with Gasteiger partial charge in [0.15, 0.2) is 5.13 Å². The lowest BCUT2D eigenvalue weighted by molar-refractivity contribution is -0.157. The van der Waals surface area contributed by atoms with Crippen molar-refractivity contribution in [3.8, 4) is 23.8 Å². The molecular formula is C35H37N7O6S. The number of aromatic nitrogens is 1. The number of aliphatic hydroxyl groups excluding tert-OH is 1. The molecule has 0 bridgehead atoms. The Labute approximate surface area is 287 Å². The molecule has 2 aliphatic rings. The molecule has 3 aromatic carbocycles. The number of nitrogens with zero attached hydrogens (tertiary/aromatic N) is 5. The summed E-state index contributed by atoms with van der Waals surface area (Å²) in [5, 5.41) is 15.5. The van der Waals surface area contributed by atoms with E-state index in [1.54, 1.807) is 34.1 Å². The van der Waals surface area contributed by atoms with Crippen molar-refractivity contribution in [3.63, 3.8) is 0 Å². The maximum absolute atomic E-state index is 14.3. The van der Waals surface area contributed by atoms with Gasteiger partial charge in [-0.3, -0.25) is 9.59 Å². The minimum absolute atomic E-state index is 0.0859. The van der Waals surface area contributed by atoms with Crippen molar-refractivity contribution in [2.24, 2.45) is 0 Å². The number of para-hydroxylation sites is 1. The Bertz CT molecular complexity index is 1860. The van der Waals surface area contributed by atoms with Crippen LogP contribution in [0, 0.1) is 12.3 Å². The molecule has 6 rings (SSSR count). The Kier molecular flexibility index (Phi) is 10.1. The number of amides is 4. The molecule has 0 saturated carbocycles. The number of hydrogen-bond acceptors (Lipinski definition) is 10. The molecular weight excluding hydrogens is 646 g/mol. The van der Waals surface area contributed by atoms with Crippen LogP contribution in [0.1, 0.15) is 16.7 Å². The molecule has 1 aromatic heterocycles. The lowest BCUT2D eigenvalue weighted by atomic mass is 9.99. The number of piperazine rings is 1. The van der Waals surface area contributed by atoms with Gasteiger partial charge in [0.25, 0.3) is 0 Å². The van der Waals surface area contributed by atoms with Crippen molar-refractivity contribution in [3.05, 3.63) is 83.4 Å². The van der Waals surface area contributed by atoms with Crippen molar-refractivity contribution in [1.29, 1.82) is 0 Å². The van der Waals surface area contributed by atoms with E-state index < -0.39 is 18.2 Å². The first kappa shape index (κ1) is 33.5. The standard InChI is InChI=1S/C35H37N7O6S/c1-3-15-40(35(46)37-19-24-9-11-26(47-2)12-10-24)41-22-31(44)42-28(18-23-7-13-27(14-8-23)48-17-16-43)33(45)39(21-30(41)42)20-25-5-4-6-29-32(25)38-34(36)49-29/h1,4-14,28,30,43H,15-22H2,2H3,(H2,36,38)(H,37,46)/t28-,30+/m0/s1. The van der Waals surface area contributed by atoms with Gasteiger partial charge in [-0.1, -0.05) is 53.7 Å². The molecule has 4 N–H and O–H groups in total. The summed E-state index contributed by atoms with van der Waals surface area (Å²) in [5.74, 6) is 3.32. The number of rotatable bonds is 12. The monoisotopic (exact) mass is 683 g/mol. The Balaban J connectivity index is 1.29. The summed E-state index contributed by atoms with van der Waals surface area (Å²) in [6, 6.07) is 18.9. The molecule has 0 unspecified atom stereocenters. The number of nitrogens with one attached hydrogen (secondary N) is 1. The summed E-state index contributed by atoms with van der Waals surface area (Å²) < 4.78 is 11.6. The zero-order chi connectivity index (χ0) is 34.5. The minimum Gasteiger partial charge on any atom is -0.497 e. The second-order valence-corrected chi connectivity index (χ2v) is 12.7. The first-order chi connectivity index (χ1) is 23.8. The smallest absolute Gasteiger partial charge is 0.333 e. The van der Waals surface area contributed by atoms with Crippen LogP contribution >= 0.6 is 11.3 Å². The van der Waals surface area contributed by atoms with Crippen molar-refractivity contribution in [2.75, 3.05) is 45.7 Å². The van der Waals surface area contributed by atoms with Gasteiger partial charge in [0.1, 0.15) is 30.3 Å². The van der Waals surface area contributed by atoms with E-state index in [1.165, 1.54) is 16.3 Å². The van der Waals surface area contributed by atoms with Crippen LogP contribution in [0.4, 0.5) is 9.93 Å². The Hall–Kier alpha value is -5.36. The normalized spacial score (nSPS) is 17.6.